The Balaban J connectivity index is 2.93. The number of hydrogen-bond acceptors (Lipinski definition) is 2. The second-order valence-electron chi connectivity index (χ2n) is 3.56. The van der Waals surface area contributed by atoms with Crippen molar-refractivity contribution in [2.24, 2.45) is 5.73 Å². The lowest BCUT2D eigenvalue weighted by Crippen LogP contribution is -2.45. The summed E-state index contributed by atoms with van der Waals surface area (Å²) in [5.74, 6) is -0.965. The predicted octanol–water partition coefficient (Wildman–Crippen LogP) is 1.53. The van der Waals surface area contributed by atoms with Crippen LogP contribution in [0.1, 0.15) is 12.5 Å². The Labute approximate surface area is 109 Å². The number of nitrogens with two attached hydrogens (primary N) is 1. The molecule has 0 radical (unpaired) electrons. The van der Waals surface area contributed by atoms with Gasteiger partial charge in [0.15, 0.2) is 0 Å². The average Bonchev–Trinajstić information content (AvgIpc) is 2.21. The fourth-order valence-electron chi connectivity index (χ4n) is 1.40. The van der Waals surface area contributed by atoms with E-state index in [-0.39, 0.29) is 12.3 Å². The highest BCUT2D eigenvalue weighted by Gasteiger charge is 2.19. The molecule has 0 fully saturated rings. The molecule has 0 spiro atoms. The van der Waals surface area contributed by atoms with Gasteiger partial charge in [-0.15, -0.1) is 0 Å². The van der Waals surface area contributed by atoms with E-state index in [4.69, 9.17) is 28.9 Å². The minimum atomic E-state index is -0.815. The monoisotopic (exact) mass is 274 g/mol. The molecule has 1 atom stereocenters. The lowest BCUT2D eigenvalue weighted by Gasteiger charge is -2.15. The Morgan fingerprint density at radius 3 is 2.29 bits per heavy atom. The maximum atomic E-state index is 11.2. The topological polar surface area (TPSA) is 72.2 Å². The van der Waals surface area contributed by atoms with Gasteiger partial charge in [-0.3, -0.25) is 9.59 Å². The molecule has 0 aliphatic rings. The van der Waals surface area contributed by atoms with Crippen LogP contribution in [0, 0.1) is 0 Å². The van der Waals surface area contributed by atoms with Crippen LogP contribution in [0.15, 0.2) is 18.2 Å². The van der Waals surface area contributed by atoms with E-state index in [9.17, 15) is 9.59 Å². The van der Waals surface area contributed by atoms with Crippen molar-refractivity contribution < 1.29 is 9.59 Å². The number of hydrogen-bond donors (Lipinski definition) is 2. The van der Waals surface area contributed by atoms with Gasteiger partial charge in [-0.2, -0.15) is 0 Å². The van der Waals surface area contributed by atoms with E-state index in [1.54, 1.807) is 18.2 Å². The Bertz CT molecular complexity index is 429. The summed E-state index contributed by atoms with van der Waals surface area (Å²) in [5, 5.41) is 3.33. The van der Waals surface area contributed by atoms with Gasteiger partial charge in [0, 0.05) is 23.4 Å². The van der Waals surface area contributed by atoms with Gasteiger partial charge in [-0.1, -0.05) is 29.3 Å². The van der Waals surface area contributed by atoms with Crippen LogP contribution >= 0.6 is 23.2 Å². The number of carbonyl (C=O) groups is 2. The lowest BCUT2D eigenvalue weighted by atomic mass is 10.1. The minimum absolute atomic E-state index is 0.174. The molecule has 6 heteroatoms. The number of benzene rings is 1. The molecule has 0 aliphatic carbocycles. The van der Waals surface area contributed by atoms with Crippen LogP contribution in [-0.4, -0.2) is 17.9 Å². The van der Waals surface area contributed by atoms with Gasteiger partial charge in [0.1, 0.15) is 6.04 Å². The van der Waals surface area contributed by atoms with E-state index < -0.39 is 11.9 Å². The summed E-state index contributed by atoms with van der Waals surface area (Å²) < 4.78 is 0. The predicted molar refractivity (Wildman–Crippen MR) is 67.0 cm³/mol. The fraction of sp³-hybridized carbons (Fsp3) is 0.273. The number of rotatable bonds is 4. The summed E-state index contributed by atoms with van der Waals surface area (Å²) in [5.41, 5.74) is 5.78. The molecule has 0 aliphatic heterocycles. The van der Waals surface area contributed by atoms with Crippen molar-refractivity contribution in [2.75, 3.05) is 0 Å². The number of carbonyl (C=O) groups excluding carboxylic acids is 2. The highest BCUT2D eigenvalue weighted by Crippen LogP contribution is 2.25. The zero-order chi connectivity index (χ0) is 13.0. The van der Waals surface area contributed by atoms with Gasteiger partial charge in [0.2, 0.25) is 11.8 Å². The molecule has 0 unspecified atom stereocenters. The number of primary amides is 1. The van der Waals surface area contributed by atoms with Gasteiger partial charge in [-0.25, -0.2) is 0 Å². The molecule has 0 bridgehead atoms. The van der Waals surface area contributed by atoms with Crippen LogP contribution < -0.4 is 11.1 Å². The maximum Gasteiger partial charge on any atom is 0.240 e. The second kappa shape index (κ2) is 5.89. The number of halogens is 2. The molecule has 0 heterocycles. The Morgan fingerprint density at radius 2 is 1.88 bits per heavy atom. The van der Waals surface area contributed by atoms with E-state index >= 15 is 0 Å². The quantitative estimate of drug-likeness (QED) is 0.874. The molecule has 2 amide bonds. The standard InChI is InChI=1S/C11H12Cl2N2O2/c1-6(16)15-10(11(14)17)5-7-8(12)3-2-4-9(7)13/h2-4,10H,5H2,1H3,(H2,14,17)(H,15,16)/t10-/m0/s1. The Morgan fingerprint density at radius 1 is 1.35 bits per heavy atom. The van der Waals surface area contributed by atoms with Crippen molar-refractivity contribution in [1.29, 1.82) is 0 Å². The minimum Gasteiger partial charge on any atom is -0.368 e. The maximum absolute atomic E-state index is 11.2. The van der Waals surface area contributed by atoms with Gasteiger partial charge in [-0.05, 0) is 17.7 Å². The summed E-state index contributed by atoms with van der Waals surface area (Å²) in [6, 6.07) is 4.21. The van der Waals surface area contributed by atoms with E-state index in [0.717, 1.165) is 0 Å². The molecular weight excluding hydrogens is 263 g/mol. The molecule has 0 saturated carbocycles. The molecule has 3 N–H and O–H groups in total. The zero-order valence-corrected chi connectivity index (χ0v) is 10.7. The molecule has 0 aromatic heterocycles. The first-order chi connectivity index (χ1) is 7.91. The van der Waals surface area contributed by atoms with Crippen LogP contribution in [0.3, 0.4) is 0 Å². The third-order valence-corrected chi connectivity index (χ3v) is 2.90. The summed E-state index contributed by atoms with van der Waals surface area (Å²) in [6.07, 6.45) is 0.174. The van der Waals surface area contributed by atoms with E-state index in [2.05, 4.69) is 5.32 Å². The molecular formula is C11H12Cl2N2O2. The van der Waals surface area contributed by atoms with E-state index in [1.807, 2.05) is 0 Å². The molecule has 1 aromatic carbocycles. The van der Waals surface area contributed by atoms with Crippen molar-refractivity contribution in [3.05, 3.63) is 33.8 Å². The Kier molecular flexibility index (Phi) is 4.78. The van der Waals surface area contributed by atoms with Crippen LogP contribution in [0.5, 0.6) is 0 Å². The first-order valence-electron chi connectivity index (χ1n) is 4.91. The second-order valence-corrected chi connectivity index (χ2v) is 4.37. The van der Waals surface area contributed by atoms with Crippen LogP contribution in [-0.2, 0) is 16.0 Å². The molecule has 1 aromatic rings. The van der Waals surface area contributed by atoms with E-state index in [1.165, 1.54) is 6.92 Å². The largest absolute Gasteiger partial charge is 0.368 e. The fourth-order valence-corrected chi connectivity index (χ4v) is 1.95. The van der Waals surface area contributed by atoms with E-state index in [0.29, 0.717) is 15.6 Å². The van der Waals surface area contributed by atoms with Crippen molar-refractivity contribution in [1.82, 2.24) is 5.32 Å². The van der Waals surface area contributed by atoms with Crippen LogP contribution in [0.4, 0.5) is 0 Å². The average molecular weight is 275 g/mol. The highest BCUT2D eigenvalue weighted by molar-refractivity contribution is 6.36. The van der Waals surface area contributed by atoms with Crippen molar-refractivity contribution >= 4 is 35.0 Å². The van der Waals surface area contributed by atoms with Crippen molar-refractivity contribution in [3.63, 3.8) is 0 Å². The first kappa shape index (κ1) is 13.8. The molecule has 17 heavy (non-hydrogen) atoms. The normalized spacial score (nSPS) is 11.9. The van der Waals surface area contributed by atoms with Crippen molar-refractivity contribution in [3.8, 4) is 0 Å². The summed E-state index contributed by atoms with van der Waals surface area (Å²) >= 11 is 11.9. The zero-order valence-electron chi connectivity index (χ0n) is 9.17. The third kappa shape index (κ3) is 3.91. The van der Waals surface area contributed by atoms with Gasteiger partial charge >= 0.3 is 0 Å². The summed E-state index contributed by atoms with van der Waals surface area (Å²) in [6.45, 7) is 1.31. The van der Waals surface area contributed by atoms with Crippen LogP contribution in [0.25, 0.3) is 0 Å². The molecule has 1 rings (SSSR count). The van der Waals surface area contributed by atoms with Crippen molar-refractivity contribution in [2.45, 2.75) is 19.4 Å². The number of nitrogens with one attached hydrogen (secondary N) is 1. The third-order valence-electron chi connectivity index (χ3n) is 2.19. The SMILES string of the molecule is CC(=O)N[C@@H](Cc1c(Cl)cccc1Cl)C(N)=O. The smallest absolute Gasteiger partial charge is 0.240 e. The highest BCUT2D eigenvalue weighted by atomic mass is 35.5. The summed E-state index contributed by atoms with van der Waals surface area (Å²) in [7, 11) is 0. The molecule has 4 nitrogen and oxygen atoms in total. The molecule has 92 valence electrons. The van der Waals surface area contributed by atoms with Crippen LogP contribution in [0.2, 0.25) is 10.0 Å². The summed E-state index contributed by atoms with van der Waals surface area (Å²) in [4.78, 5) is 22.1. The van der Waals surface area contributed by atoms with Gasteiger partial charge < -0.3 is 11.1 Å². The van der Waals surface area contributed by atoms with Gasteiger partial charge in [0.05, 0.1) is 0 Å². The Hall–Kier alpha value is -1.26. The number of amides is 2. The first-order valence-corrected chi connectivity index (χ1v) is 5.66. The lowest BCUT2D eigenvalue weighted by molar-refractivity contribution is -0.126. The molecule has 0 saturated heterocycles. The van der Waals surface area contributed by atoms with Gasteiger partial charge in [0.25, 0.3) is 0 Å².